The summed E-state index contributed by atoms with van der Waals surface area (Å²) in [5.74, 6) is 0. The Kier molecular flexibility index (Phi) is 4.58. The summed E-state index contributed by atoms with van der Waals surface area (Å²) in [6.45, 7) is 7.45. The van der Waals surface area contributed by atoms with E-state index in [-0.39, 0.29) is 0 Å². The lowest BCUT2D eigenvalue weighted by molar-refractivity contribution is 0.154. The molecular formula is C15H21N3O. The van der Waals surface area contributed by atoms with Gasteiger partial charge in [-0.15, -0.1) is 0 Å². The minimum atomic E-state index is 0.722. The normalized spacial score (nSPS) is 10.8. The topological polar surface area (TPSA) is 51.4 Å². The second-order valence-corrected chi connectivity index (χ2v) is 4.35. The van der Waals surface area contributed by atoms with Crippen molar-refractivity contribution >= 4 is 22.3 Å². The van der Waals surface area contributed by atoms with Gasteiger partial charge in [-0.3, -0.25) is 4.98 Å². The fraction of sp³-hybridized carbons (Fsp3) is 0.400. The van der Waals surface area contributed by atoms with Gasteiger partial charge in [0.15, 0.2) is 0 Å². The molecule has 0 amide bonds. The standard InChI is InChI=1S/C15H21N3O/c1-3-18(10-11-19-4-2)14-8-9-17-15-12(14)6-5-7-13(15)16/h5-9H,3-4,10-11,16H2,1-2H3. The van der Waals surface area contributed by atoms with Crippen molar-refractivity contribution in [3.63, 3.8) is 0 Å². The van der Waals surface area contributed by atoms with Crippen molar-refractivity contribution in [1.82, 2.24) is 4.98 Å². The van der Waals surface area contributed by atoms with Crippen molar-refractivity contribution in [3.05, 3.63) is 30.5 Å². The van der Waals surface area contributed by atoms with E-state index in [9.17, 15) is 0 Å². The Labute approximate surface area is 114 Å². The van der Waals surface area contributed by atoms with Crippen LogP contribution in [0.5, 0.6) is 0 Å². The van der Waals surface area contributed by atoms with E-state index in [1.807, 2.05) is 31.3 Å². The van der Waals surface area contributed by atoms with Crippen LogP contribution in [0.25, 0.3) is 10.9 Å². The number of nitrogens with zero attached hydrogens (tertiary/aromatic N) is 2. The third kappa shape index (κ3) is 2.96. The van der Waals surface area contributed by atoms with Crippen LogP contribution in [0.4, 0.5) is 11.4 Å². The van der Waals surface area contributed by atoms with Gasteiger partial charge in [-0.05, 0) is 26.0 Å². The maximum atomic E-state index is 5.98. The van der Waals surface area contributed by atoms with E-state index in [0.717, 1.165) is 42.9 Å². The molecule has 102 valence electrons. The Morgan fingerprint density at radius 3 is 2.84 bits per heavy atom. The number of ether oxygens (including phenoxy) is 1. The van der Waals surface area contributed by atoms with Crippen LogP contribution in [-0.2, 0) is 4.74 Å². The molecule has 0 aliphatic heterocycles. The molecule has 0 saturated heterocycles. The third-order valence-electron chi connectivity index (χ3n) is 3.21. The Bertz CT molecular complexity index is 542. The minimum absolute atomic E-state index is 0.722. The largest absolute Gasteiger partial charge is 0.397 e. The summed E-state index contributed by atoms with van der Waals surface area (Å²) in [7, 11) is 0. The van der Waals surface area contributed by atoms with E-state index in [1.165, 1.54) is 5.69 Å². The highest BCUT2D eigenvalue weighted by Gasteiger charge is 2.10. The fourth-order valence-electron chi connectivity index (χ4n) is 2.23. The molecule has 2 N–H and O–H groups in total. The van der Waals surface area contributed by atoms with Crippen LogP contribution < -0.4 is 10.6 Å². The number of anilines is 2. The molecule has 0 fully saturated rings. The lowest BCUT2D eigenvalue weighted by Gasteiger charge is -2.24. The summed E-state index contributed by atoms with van der Waals surface area (Å²) in [5, 5.41) is 1.10. The number of rotatable bonds is 6. The number of nitrogen functional groups attached to an aromatic ring is 1. The molecule has 0 aliphatic carbocycles. The molecular weight excluding hydrogens is 238 g/mol. The molecule has 0 radical (unpaired) electrons. The first kappa shape index (κ1) is 13.6. The predicted molar refractivity (Wildman–Crippen MR) is 80.5 cm³/mol. The number of fused-ring (bicyclic) bond motifs is 1. The first-order valence-electron chi connectivity index (χ1n) is 6.73. The number of aromatic nitrogens is 1. The van der Waals surface area contributed by atoms with Crippen LogP contribution in [0.15, 0.2) is 30.5 Å². The molecule has 4 heteroatoms. The van der Waals surface area contributed by atoms with E-state index in [0.29, 0.717) is 0 Å². The zero-order chi connectivity index (χ0) is 13.7. The average Bonchev–Trinajstić information content (AvgIpc) is 2.44. The highest BCUT2D eigenvalue weighted by atomic mass is 16.5. The van der Waals surface area contributed by atoms with E-state index in [4.69, 9.17) is 10.5 Å². The van der Waals surface area contributed by atoms with E-state index >= 15 is 0 Å². The molecule has 1 aromatic carbocycles. The van der Waals surface area contributed by atoms with E-state index in [1.54, 1.807) is 0 Å². The van der Waals surface area contributed by atoms with E-state index in [2.05, 4.69) is 22.9 Å². The first-order valence-corrected chi connectivity index (χ1v) is 6.73. The molecule has 0 atom stereocenters. The summed E-state index contributed by atoms with van der Waals surface area (Å²) in [6, 6.07) is 7.96. The maximum absolute atomic E-state index is 5.98. The van der Waals surface area contributed by atoms with Crippen LogP contribution in [0.3, 0.4) is 0 Å². The molecule has 4 nitrogen and oxygen atoms in total. The molecule has 2 aromatic rings. The molecule has 0 unspecified atom stereocenters. The number of hydrogen-bond acceptors (Lipinski definition) is 4. The molecule has 19 heavy (non-hydrogen) atoms. The summed E-state index contributed by atoms with van der Waals surface area (Å²) in [5.41, 5.74) is 8.74. The Balaban J connectivity index is 2.34. The smallest absolute Gasteiger partial charge is 0.0951 e. The van der Waals surface area contributed by atoms with Crippen molar-refractivity contribution in [2.75, 3.05) is 36.9 Å². The highest BCUT2D eigenvalue weighted by Crippen LogP contribution is 2.28. The van der Waals surface area contributed by atoms with Crippen molar-refractivity contribution in [1.29, 1.82) is 0 Å². The van der Waals surface area contributed by atoms with Crippen molar-refractivity contribution in [2.45, 2.75) is 13.8 Å². The van der Waals surface area contributed by atoms with Crippen LogP contribution in [0, 0.1) is 0 Å². The minimum Gasteiger partial charge on any atom is -0.397 e. The molecule has 0 aliphatic rings. The second-order valence-electron chi connectivity index (χ2n) is 4.35. The van der Waals surface area contributed by atoms with Crippen LogP contribution in [0.2, 0.25) is 0 Å². The van der Waals surface area contributed by atoms with Crippen molar-refractivity contribution in [3.8, 4) is 0 Å². The fourth-order valence-corrected chi connectivity index (χ4v) is 2.23. The molecule has 2 rings (SSSR count). The summed E-state index contributed by atoms with van der Waals surface area (Å²) < 4.78 is 5.44. The molecule has 0 spiro atoms. The first-order chi connectivity index (χ1) is 9.27. The quantitative estimate of drug-likeness (QED) is 0.640. The average molecular weight is 259 g/mol. The van der Waals surface area contributed by atoms with Crippen molar-refractivity contribution < 1.29 is 4.74 Å². The summed E-state index contributed by atoms with van der Waals surface area (Å²) in [4.78, 5) is 6.66. The van der Waals surface area contributed by atoms with Gasteiger partial charge in [0.05, 0.1) is 17.8 Å². The number of pyridine rings is 1. The van der Waals surface area contributed by atoms with Crippen LogP contribution >= 0.6 is 0 Å². The van der Waals surface area contributed by atoms with Gasteiger partial charge < -0.3 is 15.4 Å². The maximum Gasteiger partial charge on any atom is 0.0951 e. The zero-order valence-corrected chi connectivity index (χ0v) is 11.6. The third-order valence-corrected chi connectivity index (χ3v) is 3.21. The second kappa shape index (κ2) is 6.38. The number of para-hydroxylation sites is 1. The van der Waals surface area contributed by atoms with Crippen molar-refractivity contribution in [2.24, 2.45) is 0 Å². The van der Waals surface area contributed by atoms with Gasteiger partial charge in [-0.1, -0.05) is 12.1 Å². The van der Waals surface area contributed by atoms with Gasteiger partial charge >= 0.3 is 0 Å². The Morgan fingerprint density at radius 1 is 1.26 bits per heavy atom. The van der Waals surface area contributed by atoms with Gasteiger partial charge in [0.25, 0.3) is 0 Å². The SMILES string of the molecule is CCOCCN(CC)c1ccnc2c(N)cccc12. The predicted octanol–water partition coefficient (Wildman–Crippen LogP) is 2.68. The van der Waals surface area contributed by atoms with E-state index < -0.39 is 0 Å². The highest BCUT2D eigenvalue weighted by molar-refractivity contribution is 5.97. The Morgan fingerprint density at radius 2 is 2.11 bits per heavy atom. The lowest BCUT2D eigenvalue weighted by atomic mass is 10.1. The van der Waals surface area contributed by atoms with Gasteiger partial charge in [-0.2, -0.15) is 0 Å². The molecule has 0 saturated carbocycles. The lowest BCUT2D eigenvalue weighted by Crippen LogP contribution is -2.27. The van der Waals surface area contributed by atoms with Gasteiger partial charge in [0.1, 0.15) is 0 Å². The number of hydrogen-bond donors (Lipinski definition) is 1. The molecule has 1 aromatic heterocycles. The Hall–Kier alpha value is -1.81. The monoisotopic (exact) mass is 259 g/mol. The number of nitrogens with two attached hydrogens (primary N) is 1. The van der Waals surface area contributed by atoms with Gasteiger partial charge in [-0.25, -0.2) is 0 Å². The number of benzene rings is 1. The summed E-state index contributed by atoms with van der Waals surface area (Å²) >= 11 is 0. The van der Waals surface area contributed by atoms with Crippen LogP contribution in [-0.4, -0.2) is 31.3 Å². The van der Waals surface area contributed by atoms with Crippen LogP contribution in [0.1, 0.15) is 13.8 Å². The molecule has 1 heterocycles. The molecule has 0 bridgehead atoms. The number of likely N-dealkylation sites (N-methyl/N-ethyl adjacent to an activating group) is 1. The van der Waals surface area contributed by atoms with Gasteiger partial charge in [0, 0.05) is 37.0 Å². The van der Waals surface area contributed by atoms with Gasteiger partial charge in [0.2, 0.25) is 0 Å². The summed E-state index contributed by atoms with van der Waals surface area (Å²) in [6.07, 6.45) is 1.82. The zero-order valence-electron chi connectivity index (χ0n) is 11.6.